The molecule has 6 nitrogen and oxygen atoms in total. The first kappa shape index (κ1) is 17.4. The molecule has 2 aromatic rings. The lowest BCUT2D eigenvalue weighted by molar-refractivity contribution is -0.140. The van der Waals surface area contributed by atoms with Crippen LogP contribution in [0.15, 0.2) is 48.5 Å². The fourth-order valence-electron chi connectivity index (χ4n) is 2.28. The van der Waals surface area contributed by atoms with Crippen LogP contribution in [0, 0.1) is 0 Å². The summed E-state index contributed by atoms with van der Waals surface area (Å²) in [5, 5.41) is 10.9. The van der Waals surface area contributed by atoms with Crippen LogP contribution in [0.5, 0.6) is 11.5 Å². The van der Waals surface area contributed by atoms with Crippen molar-refractivity contribution in [3.8, 4) is 11.5 Å². The van der Waals surface area contributed by atoms with Crippen LogP contribution >= 0.6 is 23.4 Å². The number of phenolic OH excluding ortho intramolecular Hbond substituents is 1. The first-order chi connectivity index (χ1) is 12.0. The van der Waals surface area contributed by atoms with Gasteiger partial charge in [-0.2, -0.15) is 0 Å². The normalized spacial score (nSPS) is 16.8. The molecule has 0 aromatic heterocycles. The Morgan fingerprint density at radius 2 is 1.92 bits per heavy atom. The number of rotatable bonds is 5. The number of nitrogens with one attached hydrogen (secondary N) is 1. The van der Waals surface area contributed by atoms with Crippen molar-refractivity contribution in [1.82, 2.24) is 10.4 Å². The van der Waals surface area contributed by atoms with Gasteiger partial charge in [0.1, 0.15) is 16.9 Å². The van der Waals surface area contributed by atoms with Crippen molar-refractivity contribution >= 4 is 35.2 Å². The smallest absolute Gasteiger partial charge is 0.276 e. The number of amides is 2. The second-order valence-corrected chi connectivity index (χ2v) is 6.80. The molecule has 3 rings (SSSR count). The number of hydrogen-bond donors (Lipinski definition) is 2. The second-order valence-electron chi connectivity index (χ2n) is 5.30. The van der Waals surface area contributed by atoms with Crippen LogP contribution in [0.2, 0.25) is 5.02 Å². The lowest BCUT2D eigenvalue weighted by Gasteiger charge is -2.24. The molecule has 2 N–H and O–H groups in total. The van der Waals surface area contributed by atoms with Crippen molar-refractivity contribution < 1.29 is 19.4 Å². The van der Waals surface area contributed by atoms with Crippen LogP contribution < -0.4 is 10.2 Å². The third-order valence-electron chi connectivity index (χ3n) is 3.47. The average molecular weight is 379 g/mol. The van der Waals surface area contributed by atoms with E-state index in [1.54, 1.807) is 48.5 Å². The maximum Gasteiger partial charge on any atom is 0.276 e. The first-order valence-electron chi connectivity index (χ1n) is 7.43. The highest BCUT2D eigenvalue weighted by Gasteiger charge is 2.34. The van der Waals surface area contributed by atoms with E-state index in [0.717, 1.165) is 5.56 Å². The van der Waals surface area contributed by atoms with Crippen molar-refractivity contribution in [3.63, 3.8) is 0 Å². The first-order valence-corrected chi connectivity index (χ1v) is 8.86. The zero-order valence-corrected chi connectivity index (χ0v) is 14.6. The molecule has 1 heterocycles. The highest BCUT2D eigenvalue weighted by molar-refractivity contribution is 8.00. The van der Waals surface area contributed by atoms with Crippen LogP contribution in [-0.2, 0) is 9.59 Å². The zero-order valence-electron chi connectivity index (χ0n) is 13.0. The highest BCUT2D eigenvalue weighted by atomic mass is 35.5. The van der Waals surface area contributed by atoms with E-state index in [2.05, 4.69) is 5.43 Å². The van der Waals surface area contributed by atoms with Crippen LogP contribution in [0.25, 0.3) is 0 Å². The molecule has 0 bridgehead atoms. The zero-order chi connectivity index (χ0) is 17.8. The molecule has 130 valence electrons. The predicted molar refractivity (Wildman–Crippen MR) is 95.2 cm³/mol. The Morgan fingerprint density at radius 1 is 1.24 bits per heavy atom. The predicted octanol–water partition coefficient (Wildman–Crippen LogP) is 2.73. The van der Waals surface area contributed by atoms with E-state index in [9.17, 15) is 14.7 Å². The molecule has 2 aromatic carbocycles. The molecule has 1 atom stereocenters. The topological polar surface area (TPSA) is 78.9 Å². The number of hydrazine groups is 1. The molecule has 1 fully saturated rings. The van der Waals surface area contributed by atoms with Crippen LogP contribution in [0.4, 0.5) is 0 Å². The number of ether oxygens (including phenoxy) is 1. The summed E-state index contributed by atoms with van der Waals surface area (Å²) in [6.45, 7) is -0.224. The molecule has 0 aliphatic carbocycles. The van der Waals surface area contributed by atoms with Gasteiger partial charge in [-0.25, -0.2) is 5.01 Å². The fourth-order valence-corrected chi connectivity index (χ4v) is 3.51. The number of nitrogens with zero attached hydrogens (tertiary/aromatic N) is 1. The van der Waals surface area contributed by atoms with Crippen LogP contribution in [0.1, 0.15) is 10.9 Å². The van der Waals surface area contributed by atoms with E-state index in [1.165, 1.54) is 16.8 Å². The second kappa shape index (κ2) is 7.67. The van der Waals surface area contributed by atoms with Gasteiger partial charge in [0.25, 0.3) is 11.8 Å². The minimum atomic E-state index is -0.436. The summed E-state index contributed by atoms with van der Waals surface area (Å²) >= 11 is 7.19. The van der Waals surface area contributed by atoms with Gasteiger partial charge in [-0.3, -0.25) is 15.0 Å². The summed E-state index contributed by atoms with van der Waals surface area (Å²) < 4.78 is 5.38. The van der Waals surface area contributed by atoms with Gasteiger partial charge in [0.05, 0.1) is 5.75 Å². The van der Waals surface area contributed by atoms with E-state index in [4.69, 9.17) is 16.3 Å². The van der Waals surface area contributed by atoms with Gasteiger partial charge in [-0.15, -0.1) is 11.8 Å². The number of carbonyl (C=O) groups excluding carboxylic acids is 2. The Hall–Kier alpha value is -2.38. The minimum absolute atomic E-state index is 0.144. The Morgan fingerprint density at radius 3 is 2.60 bits per heavy atom. The Bertz CT molecular complexity index is 767. The number of hydrogen-bond acceptors (Lipinski definition) is 5. The lowest BCUT2D eigenvalue weighted by Crippen LogP contribution is -2.46. The van der Waals surface area contributed by atoms with Crippen molar-refractivity contribution in [1.29, 1.82) is 0 Å². The maximum absolute atomic E-state index is 12.1. The molecular weight excluding hydrogens is 364 g/mol. The fraction of sp³-hybridized carbons (Fsp3) is 0.176. The summed E-state index contributed by atoms with van der Waals surface area (Å²) in [7, 11) is 0. The summed E-state index contributed by atoms with van der Waals surface area (Å²) in [6, 6.07) is 13.2. The van der Waals surface area contributed by atoms with E-state index in [0.29, 0.717) is 10.8 Å². The Balaban J connectivity index is 1.61. The molecule has 1 unspecified atom stereocenters. The van der Waals surface area contributed by atoms with Gasteiger partial charge < -0.3 is 9.84 Å². The van der Waals surface area contributed by atoms with Gasteiger partial charge in [0.15, 0.2) is 6.61 Å². The largest absolute Gasteiger partial charge is 0.508 e. The van der Waals surface area contributed by atoms with Gasteiger partial charge in [0.2, 0.25) is 0 Å². The molecule has 25 heavy (non-hydrogen) atoms. The highest BCUT2D eigenvalue weighted by Crippen LogP contribution is 2.37. The van der Waals surface area contributed by atoms with Crippen molar-refractivity contribution in [2.45, 2.75) is 5.37 Å². The number of thioether (sulfide) groups is 1. The van der Waals surface area contributed by atoms with Gasteiger partial charge >= 0.3 is 0 Å². The summed E-state index contributed by atoms with van der Waals surface area (Å²) in [5.74, 6) is 0.295. The van der Waals surface area contributed by atoms with Gasteiger partial charge in [-0.1, -0.05) is 23.7 Å². The molecule has 2 amide bonds. The summed E-state index contributed by atoms with van der Waals surface area (Å²) in [6.07, 6.45) is 0. The van der Waals surface area contributed by atoms with E-state index >= 15 is 0 Å². The molecule has 1 aliphatic heterocycles. The summed E-state index contributed by atoms with van der Waals surface area (Å²) in [5.41, 5.74) is 3.40. The van der Waals surface area contributed by atoms with Gasteiger partial charge in [0, 0.05) is 5.02 Å². The molecule has 0 radical (unpaired) electrons. The number of phenols is 1. The van der Waals surface area contributed by atoms with Crippen molar-refractivity contribution in [2.24, 2.45) is 0 Å². The molecule has 1 aliphatic rings. The lowest BCUT2D eigenvalue weighted by atomic mass is 10.2. The van der Waals surface area contributed by atoms with Crippen LogP contribution in [-0.4, -0.2) is 34.3 Å². The van der Waals surface area contributed by atoms with E-state index in [1.807, 2.05) is 0 Å². The Kier molecular flexibility index (Phi) is 5.35. The average Bonchev–Trinajstić information content (AvgIpc) is 2.96. The van der Waals surface area contributed by atoms with Crippen molar-refractivity contribution in [3.05, 3.63) is 59.1 Å². The Labute approximate surface area is 153 Å². The van der Waals surface area contributed by atoms with Crippen molar-refractivity contribution in [2.75, 3.05) is 12.4 Å². The van der Waals surface area contributed by atoms with E-state index in [-0.39, 0.29) is 29.4 Å². The summed E-state index contributed by atoms with van der Waals surface area (Å²) in [4.78, 5) is 24.2. The third kappa shape index (κ3) is 4.37. The quantitative estimate of drug-likeness (QED) is 0.836. The number of halogens is 1. The monoisotopic (exact) mass is 378 g/mol. The molecular formula is C17H15ClN2O4S. The standard InChI is InChI=1S/C17H15ClN2O4S/c18-12-3-7-14(8-4-12)24-9-15(22)19-20-16(23)10-25-17(20)11-1-5-13(21)6-2-11/h1-8,17,21H,9-10H2,(H,19,22). The maximum atomic E-state index is 12.1. The minimum Gasteiger partial charge on any atom is -0.508 e. The molecule has 0 spiro atoms. The molecule has 8 heteroatoms. The van der Waals surface area contributed by atoms with Crippen LogP contribution in [0.3, 0.4) is 0 Å². The number of aromatic hydroxyl groups is 1. The molecule has 1 saturated heterocycles. The number of carbonyl (C=O) groups is 2. The third-order valence-corrected chi connectivity index (χ3v) is 4.94. The van der Waals surface area contributed by atoms with E-state index < -0.39 is 5.91 Å². The SMILES string of the molecule is O=C(COc1ccc(Cl)cc1)NN1C(=O)CSC1c1ccc(O)cc1. The number of benzene rings is 2. The van der Waals surface area contributed by atoms with Gasteiger partial charge in [-0.05, 0) is 42.0 Å². The molecule has 0 saturated carbocycles.